The van der Waals surface area contributed by atoms with E-state index in [4.69, 9.17) is 9.47 Å². The zero-order valence-corrected chi connectivity index (χ0v) is 18.3. The Kier molecular flexibility index (Phi) is 7.32. The van der Waals surface area contributed by atoms with Crippen molar-refractivity contribution in [2.75, 3.05) is 13.2 Å². The lowest BCUT2D eigenvalue weighted by Gasteiger charge is -2.30. The number of hydrogen-bond acceptors (Lipinski definition) is 2. The number of fused-ring (bicyclic) bond motifs is 1. The smallest absolute Gasteiger partial charge is 0.195 e. The summed E-state index contributed by atoms with van der Waals surface area (Å²) in [5.41, 5.74) is 1.29. The fourth-order valence-corrected chi connectivity index (χ4v) is 3.88. The Morgan fingerprint density at radius 3 is 2.42 bits per heavy atom. The summed E-state index contributed by atoms with van der Waals surface area (Å²) in [5.74, 6) is 1.02. The van der Waals surface area contributed by atoms with Crippen LogP contribution in [0.1, 0.15) is 55.4 Å². The van der Waals surface area contributed by atoms with Crippen molar-refractivity contribution in [1.29, 1.82) is 0 Å². The number of ether oxygens (including phenoxy) is 2. The normalized spacial score (nSPS) is 18.2. The van der Waals surface area contributed by atoms with Gasteiger partial charge in [0.15, 0.2) is 17.5 Å². The van der Waals surface area contributed by atoms with E-state index in [1.165, 1.54) is 30.7 Å². The maximum absolute atomic E-state index is 14.7. The Bertz CT molecular complexity index is 1200. The topological polar surface area (TPSA) is 18.5 Å². The second kappa shape index (κ2) is 10.4. The molecule has 0 radical (unpaired) electrons. The second-order valence-corrected chi connectivity index (χ2v) is 8.18. The lowest BCUT2D eigenvalue weighted by atomic mass is 10.0. The zero-order chi connectivity index (χ0) is 23.4. The largest absolute Gasteiger partial charge is 0.373 e. The summed E-state index contributed by atoms with van der Waals surface area (Å²) in [7, 11) is 0. The summed E-state index contributed by atoms with van der Waals surface area (Å²) < 4.78 is 67.2. The highest BCUT2D eigenvalue weighted by Gasteiger charge is 2.24. The van der Waals surface area contributed by atoms with E-state index in [2.05, 4.69) is 18.8 Å². The van der Waals surface area contributed by atoms with Gasteiger partial charge in [0.05, 0.1) is 24.9 Å². The molecule has 1 heterocycles. The highest BCUT2D eigenvalue weighted by Crippen LogP contribution is 2.27. The van der Waals surface area contributed by atoms with Crippen LogP contribution in [0.25, 0.3) is 10.8 Å². The molecule has 33 heavy (non-hydrogen) atoms. The van der Waals surface area contributed by atoms with Crippen molar-refractivity contribution in [1.82, 2.24) is 0 Å². The van der Waals surface area contributed by atoms with Crippen molar-refractivity contribution in [2.24, 2.45) is 0 Å². The lowest BCUT2D eigenvalue weighted by Crippen LogP contribution is -2.31. The highest BCUT2D eigenvalue weighted by molar-refractivity contribution is 5.84. The summed E-state index contributed by atoms with van der Waals surface area (Å²) in [6.07, 6.45) is 4.16. The third-order valence-electron chi connectivity index (χ3n) is 5.78. The van der Waals surface area contributed by atoms with E-state index in [-0.39, 0.29) is 28.5 Å². The minimum Gasteiger partial charge on any atom is -0.373 e. The van der Waals surface area contributed by atoms with Crippen molar-refractivity contribution >= 4 is 10.8 Å². The summed E-state index contributed by atoms with van der Waals surface area (Å²) in [6, 6.07) is 9.87. The first-order valence-electron chi connectivity index (χ1n) is 11.1. The molecule has 2 nitrogen and oxygen atoms in total. The molecular weight excluding hydrogens is 432 g/mol. The molecule has 0 saturated carbocycles. The molecule has 172 valence electrons. The lowest BCUT2D eigenvalue weighted by molar-refractivity contribution is -0.137. The van der Waals surface area contributed by atoms with Crippen LogP contribution < -0.4 is 0 Å². The number of hydrogen-bond donors (Lipinski definition) is 0. The molecule has 0 bridgehead atoms. The van der Waals surface area contributed by atoms with Gasteiger partial charge < -0.3 is 9.47 Å². The average molecular weight is 456 g/mol. The molecule has 0 spiro atoms. The van der Waals surface area contributed by atoms with Gasteiger partial charge in [0.25, 0.3) is 0 Å². The summed E-state index contributed by atoms with van der Waals surface area (Å²) >= 11 is 0. The van der Waals surface area contributed by atoms with E-state index >= 15 is 0 Å². The van der Waals surface area contributed by atoms with Gasteiger partial charge in [-0.15, -0.1) is 0 Å². The van der Waals surface area contributed by atoms with Crippen LogP contribution in [-0.4, -0.2) is 19.3 Å². The molecule has 1 fully saturated rings. The van der Waals surface area contributed by atoms with E-state index in [0.717, 1.165) is 25.3 Å². The van der Waals surface area contributed by atoms with Crippen LogP contribution >= 0.6 is 0 Å². The second-order valence-electron chi connectivity index (χ2n) is 8.18. The van der Waals surface area contributed by atoms with Gasteiger partial charge in [-0.05, 0) is 47.7 Å². The van der Waals surface area contributed by atoms with Crippen LogP contribution in [0.4, 0.5) is 17.6 Å². The predicted octanol–water partition coefficient (Wildman–Crippen LogP) is 6.83. The summed E-state index contributed by atoms with van der Waals surface area (Å²) in [4.78, 5) is 0. The molecule has 0 aromatic heterocycles. The van der Waals surface area contributed by atoms with Crippen LogP contribution in [0, 0.1) is 35.1 Å². The first-order valence-corrected chi connectivity index (χ1v) is 11.1. The monoisotopic (exact) mass is 456 g/mol. The van der Waals surface area contributed by atoms with E-state index in [1.807, 2.05) is 0 Å². The maximum atomic E-state index is 14.7. The molecule has 1 saturated heterocycles. The molecule has 0 unspecified atom stereocenters. The maximum Gasteiger partial charge on any atom is 0.195 e. The van der Waals surface area contributed by atoms with Gasteiger partial charge in [0.2, 0.25) is 0 Å². The number of benzene rings is 3. The first kappa shape index (κ1) is 23.3. The minimum absolute atomic E-state index is 0.0442. The van der Waals surface area contributed by atoms with Crippen molar-refractivity contribution in [2.45, 2.75) is 44.8 Å². The van der Waals surface area contributed by atoms with Gasteiger partial charge in [0, 0.05) is 10.9 Å². The number of unbranched alkanes of at least 4 members (excludes halogenated alkanes) is 2. The quantitative estimate of drug-likeness (QED) is 0.181. The Morgan fingerprint density at radius 1 is 0.848 bits per heavy atom. The van der Waals surface area contributed by atoms with Gasteiger partial charge in [-0.1, -0.05) is 50.2 Å². The molecule has 1 aliphatic rings. The van der Waals surface area contributed by atoms with Gasteiger partial charge in [-0.2, -0.15) is 0 Å². The van der Waals surface area contributed by atoms with Crippen molar-refractivity contribution in [3.05, 3.63) is 82.4 Å². The van der Waals surface area contributed by atoms with E-state index in [0.29, 0.717) is 24.3 Å². The van der Waals surface area contributed by atoms with E-state index in [1.54, 1.807) is 12.1 Å². The van der Waals surface area contributed by atoms with Gasteiger partial charge in [-0.3, -0.25) is 0 Å². The standard InChI is InChI=1S/C27H24F4O2/c1-2-3-4-5-21-15-33-25(16-32-21)19-10-9-18(23(28)13-19)8-6-17-7-11-22-20(12-17)14-24(29)27(31)26(22)30/h7,9-14,21,25H,2-5,15-16H2,1H3/t21-,25-/m1/s1. The van der Waals surface area contributed by atoms with Crippen LogP contribution in [0.2, 0.25) is 0 Å². The highest BCUT2D eigenvalue weighted by atomic mass is 19.2. The van der Waals surface area contributed by atoms with Crippen LogP contribution in [0.15, 0.2) is 42.5 Å². The van der Waals surface area contributed by atoms with Crippen molar-refractivity contribution < 1.29 is 27.0 Å². The molecule has 0 aliphatic carbocycles. The molecular formula is C27H24F4O2. The fourth-order valence-electron chi connectivity index (χ4n) is 3.88. The third kappa shape index (κ3) is 5.38. The molecule has 1 aliphatic heterocycles. The number of halogens is 4. The van der Waals surface area contributed by atoms with Crippen molar-refractivity contribution in [3.8, 4) is 11.8 Å². The molecule has 4 rings (SSSR count). The third-order valence-corrected chi connectivity index (χ3v) is 5.78. The Labute approximate surface area is 190 Å². The molecule has 3 aromatic rings. The van der Waals surface area contributed by atoms with Crippen LogP contribution in [-0.2, 0) is 9.47 Å². The van der Waals surface area contributed by atoms with Gasteiger partial charge >= 0.3 is 0 Å². The van der Waals surface area contributed by atoms with Gasteiger partial charge in [-0.25, -0.2) is 17.6 Å². The van der Waals surface area contributed by atoms with Crippen LogP contribution in [0.5, 0.6) is 0 Å². The Balaban J connectivity index is 1.45. The Morgan fingerprint density at radius 2 is 1.70 bits per heavy atom. The van der Waals surface area contributed by atoms with Crippen molar-refractivity contribution in [3.63, 3.8) is 0 Å². The Hall–Kier alpha value is -2.88. The SMILES string of the molecule is CCCCC[C@@H]1CO[C@@H](c2ccc(C#Cc3ccc4c(F)c(F)c(F)cc4c3)c(F)c2)CO1. The van der Waals surface area contributed by atoms with E-state index < -0.39 is 23.3 Å². The first-order chi connectivity index (χ1) is 16.0. The summed E-state index contributed by atoms with van der Waals surface area (Å²) in [5, 5.41) is 0.133. The molecule has 3 aromatic carbocycles. The minimum atomic E-state index is -1.51. The van der Waals surface area contributed by atoms with Gasteiger partial charge in [0.1, 0.15) is 11.9 Å². The zero-order valence-electron chi connectivity index (χ0n) is 18.3. The predicted molar refractivity (Wildman–Crippen MR) is 119 cm³/mol. The molecule has 0 amide bonds. The number of rotatable bonds is 5. The van der Waals surface area contributed by atoms with E-state index in [9.17, 15) is 17.6 Å². The molecule has 6 heteroatoms. The van der Waals surface area contributed by atoms with Crippen LogP contribution in [0.3, 0.4) is 0 Å². The fraction of sp³-hybridized carbons (Fsp3) is 0.333. The summed E-state index contributed by atoms with van der Waals surface area (Å²) in [6.45, 7) is 3.03. The molecule has 0 N–H and O–H groups in total. The average Bonchev–Trinajstić information content (AvgIpc) is 2.82. The molecule has 2 atom stereocenters.